The largest absolute Gasteiger partial charge is 0.506 e. The second-order valence-electron chi connectivity index (χ2n) is 3.55. The van der Waals surface area contributed by atoms with E-state index in [1.165, 1.54) is 30.2 Å². The number of amides is 1. The molecule has 0 saturated heterocycles. The van der Waals surface area contributed by atoms with E-state index < -0.39 is 18.6 Å². The number of carbonyl (C=O) groups excluding carboxylic acids is 1. The van der Waals surface area contributed by atoms with Gasteiger partial charge in [-0.15, -0.1) is 0 Å². The monoisotopic (exact) mass is 252 g/mol. The summed E-state index contributed by atoms with van der Waals surface area (Å²) in [5.74, 6) is -0.561. The van der Waals surface area contributed by atoms with Gasteiger partial charge in [-0.05, 0) is 19.1 Å². The minimum Gasteiger partial charge on any atom is -0.506 e. The molecule has 0 unspecified atom stereocenters. The van der Waals surface area contributed by atoms with E-state index in [1.54, 1.807) is 19.1 Å². The number of nitrogens with two attached hydrogens (primary N) is 1. The van der Waals surface area contributed by atoms with Crippen LogP contribution in [0.5, 0.6) is 0 Å². The number of allylic oxidation sites excluding steroid dienone is 5. The van der Waals surface area contributed by atoms with Gasteiger partial charge in [-0.2, -0.15) is 0 Å². The lowest BCUT2D eigenvalue weighted by molar-refractivity contribution is -0.130. The Labute approximate surface area is 107 Å². The summed E-state index contributed by atoms with van der Waals surface area (Å²) in [5, 5.41) is 18.7. The fraction of sp³-hybridized carbons (Fsp3) is 0.308. The van der Waals surface area contributed by atoms with Crippen LogP contribution in [0.15, 0.2) is 48.4 Å². The zero-order valence-electron chi connectivity index (χ0n) is 10.7. The highest BCUT2D eigenvalue weighted by molar-refractivity contribution is 5.83. The van der Waals surface area contributed by atoms with Crippen LogP contribution in [0.1, 0.15) is 6.92 Å². The Kier molecular flexibility index (Phi) is 7.42. The standard InChI is InChI=1S/C13H20N2O3/c1-4-6-8-11(12(17)7-5-2)15(3)13(18)10(14)9-16/h4-8,10,16-17H,1,9,14H2,2-3H3/b7-5-,8-6-,12-11-/t10-/m0/s1. The van der Waals surface area contributed by atoms with Gasteiger partial charge in [0.05, 0.1) is 12.3 Å². The molecule has 0 aliphatic carbocycles. The number of aliphatic hydroxyl groups excluding tert-OH is 2. The van der Waals surface area contributed by atoms with Gasteiger partial charge in [0, 0.05) is 7.05 Å². The van der Waals surface area contributed by atoms with E-state index >= 15 is 0 Å². The van der Waals surface area contributed by atoms with Crippen molar-refractivity contribution in [2.24, 2.45) is 5.73 Å². The first kappa shape index (κ1) is 16.1. The first-order valence-electron chi connectivity index (χ1n) is 5.48. The molecule has 5 heteroatoms. The van der Waals surface area contributed by atoms with Crippen molar-refractivity contribution in [1.82, 2.24) is 4.90 Å². The summed E-state index contributed by atoms with van der Waals surface area (Å²) < 4.78 is 0. The highest BCUT2D eigenvalue weighted by Crippen LogP contribution is 2.11. The molecule has 0 aromatic carbocycles. The van der Waals surface area contributed by atoms with Crippen LogP contribution in [0.25, 0.3) is 0 Å². The second kappa shape index (κ2) is 8.27. The fourth-order valence-electron chi connectivity index (χ4n) is 1.22. The SMILES string of the molecule is C=C\C=C/C(=C(O)\C=C/C)N(C)C(=O)[C@@H](N)CO. The number of likely N-dealkylation sites (N-methyl/N-ethyl adjacent to an activating group) is 1. The van der Waals surface area contributed by atoms with E-state index in [-0.39, 0.29) is 11.5 Å². The van der Waals surface area contributed by atoms with Gasteiger partial charge in [0.1, 0.15) is 11.8 Å². The van der Waals surface area contributed by atoms with Crippen molar-refractivity contribution in [2.75, 3.05) is 13.7 Å². The van der Waals surface area contributed by atoms with Crippen LogP contribution in [0, 0.1) is 0 Å². The Hall–Kier alpha value is -1.85. The highest BCUT2D eigenvalue weighted by atomic mass is 16.3. The smallest absolute Gasteiger partial charge is 0.246 e. The highest BCUT2D eigenvalue weighted by Gasteiger charge is 2.20. The number of aliphatic hydroxyl groups is 2. The van der Waals surface area contributed by atoms with Crippen LogP contribution in [0.3, 0.4) is 0 Å². The van der Waals surface area contributed by atoms with Gasteiger partial charge >= 0.3 is 0 Å². The van der Waals surface area contributed by atoms with Crippen LogP contribution in [-0.2, 0) is 4.79 Å². The lowest BCUT2D eigenvalue weighted by atomic mass is 10.2. The zero-order valence-corrected chi connectivity index (χ0v) is 10.7. The molecule has 0 aliphatic rings. The Bertz CT molecular complexity index is 384. The minimum atomic E-state index is -1.01. The Morgan fingerprint density at radius 3 is 2.56 bits per heavy atom. The molecule has 18 heavy (non-hydrogen) atoms. The first-order valence-corrected chi connectivity index (χ1v) is 5.48. The summed E-state index contributed by atoms with van der Waals surface area (Å²) in [5.41, 5.74) is 5.73. The normalized spacial score (nSPS) is 14.7. The van der Waals surface area contributed by atoms with Gasteiger partial charge in [-0.25, -0.2) is 0 Å². The first-order chi connectivity index (χ1) is 8.49. The molecule has 0 aromatic heterocycles. The molecule has 0 bridgehead atoms. The van der Waals surface area contributed by atoms with Crippen molar-refractivity contribution in [1.29, 1.82) is 0 Å². The van der Waals surface area contributed by atoms with Gasteiger partial charge in [-0.3, -0.25) is 4.79 Å². The number of rotatable bonds is 6. The molecule has 0 spiro atoms. The number of nitrogens with zero attached hydrogens (tertiary/aromatic N) is 1. The quantitative estimate of drug-likeness (QED) is 0.483. The summed E-state index contributed by atoms with van der Waals surface area (Å²) in [7, 11) is 1.47. The van der Waals surface area contributed by atoms with Gasteiger partial charge in [0.2, 0.25) is 5.91 Å². The average Bonchev–Trinajstić information content (AvgIpc) is 2.37. The third-order valence-corrected chi connectivity index (χ3v) is 2.18. The molecular formula is C13H20N2O3. The lowest BCUT2D eigenvalue weighted by Gasteiger charge is -2.21. The molecule has 5 nitrogen and oxygen atoms in total. The molecule has 0 heterocycles. The van der Waals surface area contributed by atoms with Crippen LogP contribution in [-0.4, -0.2) is 40.7 Å². The molecule has 1 atom stereocenters. The predicted octanol–water partition coefficient (Wildman–Crippen LogP) is 0.852. The van der Waals surface area contributed by atoms with Crippen molar-refractivity contribution >= 4 is 5.91 Å². The van der Waals surface area contributed by atoms with Crippen LogP contribution in [0.2, 0.25) is 0 Å². The molecule has 1 amide bonds. The summed E-state index contributed by atoms with van der Waals surface area (Å²) in [4.78, 5) is 13.0. The van der Waals surface area contributed by atoms with E-state index in [2.05, 4.69) is 6.58 Å². The Morgan fingerprint density at radius 2 is 2.11 bits per heavy atom. The molecule has 0 fully saturated rings. The molecule has 0 saturated carbocycles. The van der Waals surface area contributed by atoms with E-state index in [1.807, 2.05) is 0 Å². The molecule has 4 N–H and O–H groups in total. The van der Waals surface area contributed by atoms with Gasteiger partial charge in [0.15, 0.2) is 0 Å². The maximum absolute atomic E-state index is 11.8. The summed E-state index contributed by atoms with van der Waals surface area (Å²) >= 11 is 0. The fourth-order valence-corrected chi connectivity index (χ4v) is 1.22. The predicted molar refractivity (Wildman–Crippen MR) is 71.6 cm³/mol. The van der Waals surface area contributed by atoms with Crippen molar-refractivity contribution in [2.45, 2.75) is 13.0 Å². The Balaban J connectivity index is 5.33. The van der Waals surface area contributed by atoms with Crippen LogP contribution < -0.4 is 5.73 Å². The molecule has 100 valence electrons. The molecule has 0 radical (unpaired) electrons. The molecule has 0 aromatic rings. The molecular weight excluding hydrogens is 232 g/mol. The molecule has 0 rings (SSSR count). The minimum absolute atomic E-state index is 0.0726. The number of carbonyl (C=O) groups is 1. The average molecular weight is 252 g/mol. The van der Waals surface area contributed by atoms with Crippen molar-refractivity contribution in [3.05, 3.63) is 48.4 Å². The van der Waals surface area contributed by atoms with E-state index in [4.69, 9.17) is 10.8 Å². The summed E-state index contributed by atoms with van der Waals surface area (Å²) in [6, 6.07) is -1.01. The zero-order chi connectivity index (χ0) is 14.1. The third-order valence-electron chi connectivity index (χ3n) is 2.18. The number of hydrogen-bond acceptors (Lipinski definition) is 4. The van der Waals surface area contributed by atoms with Crippen LogP contribution in [0.4, 0.5) is 0 Å². The van der Waals surface area contributed by atoms with Crippen molar-refractivity contribution < 1.29 is 15.0 Å². The van der Waals surface area contributed by atoms with E-state index in [0.717, 1.165) is 0 Å². The van der Waals surface area contributed by atoms with E-state index in [0.29, 0.717) is 0 Å². The topological polar surface area (TPSA) is 86.8 Å². The maximum Gasteiger partial charge on any atom is 0.246 e. The van der Waals surface area contributed by atoms with Crippen molar-refractivity contribution in [3.8, 4) is 0 Å². The maximum atomic E-state index is 11.8. The third kappa shape index (κ3) is 4.57. The van der Waals surface area contributed by atoms with Crippen molar-refractivity contribution in [3.63, 3.8) is 0 Å². The van der Waals surface area contributed by atoms with Gasteiger partial charge < -0.3 is 20.8 Å². The second-order valence-corrected chi connectivity index (χ2v) is 3.55. The van der Waals surface area contributed by atoms with E-state index in [9.17, 15) is 9.90 Å². The molecule has 0 aliphatic heterocycles. The number of hydrogen-bond donors (Lipinski definition) is 3. The summed E-state index contributed by atoms with van der Waals surface area (Å²) in [6.07, 6.45) is 7.74. The van der Waals surface area contributed by atoms with Gasteiger partial charge in [0.25, 0.3) is 0 Å². The van der Waals surface area contributed by atoms with Crippen LogP contribution >= 0.6 is 0 Å². The Morgan fingerprint density at radius 1 is 1.50 bits per heavy atom. The van der Waals surface area contributed by atoms with Gasteiger partial charge in [-0.1, -0.05) is 24.8 Å². The summed E-state index contributed by atoms with van der Waals surface area (Å²) in [6.45, 7) is 4.81. The lowest BCUT2D eigenvalue weighted by Crippen LogP contribution is -2.43.